The van der Waals surface area contributed by atoms with Crippen molar-refractivity contribution in [3.8, 4) is 0 Å². The van der Waals surface area contributed by atoms with E-state index in [2.05, 4.69) is 10.3 Å². The number of carbonyl (C=O) groups is 1. The zero-order chi connectivity index (χ0) is 14.6. The summed E-state index contributed by atoms with van der Waals surface area (Å²) in [6, 6.07) is 0.999. The van der Waals surface area contributed by atoms with Crippen molar-refractivity contribution in [3.63, 3.8) is 0 Å². The number of hydrogen-bond acceptors (Lipinski definition) is 5. The largest absolute Gasteiger partial charge is 0.481 e. The Morgan fingerprint density at radius 1 is 1.58 bits per heavy atom. The first-order valence-corrected chi connectivity index (χ1v) is 5.90. The van der Waals surface area contributed by atoms with Gasteiger partial charge in [0.25, 0.3) is 5.69 Å². The van der Waals surface area contributed by atoms with Gasteiger partial charge in [-0.05, 0) is 12.8 Å². The molecule has 0 amide bonds. The number of rotatable bonds is 6. The van der Waals surface area contributed by atoms with Crippen molar-refractivity contribution in [3.05, 3.63) is 27.9 Å². The molecule has 1 heterocycles. The summed E-state index contributed by atoms with van der Waals surface area (Å²) in [5.74, 6) is -0.539. The van der Waals surface area contributed by atoms with Gasteiger partial charge in [-0.2, -0.15) is 0 Å². The van der Waals surface area contributed by atoms with E-state index in [1.54, 1.807) is 6.92 Å². The normalized spacial score (nSPS) is 12.2. The van der Waals surface area contributed by atoms with Gasteiger partial charge in [0.2, 0.25) is 0 Å². The maximum absolute atomic E-state index is 10.8. The Kier molecular flexibility index (Phi) is 4.80. The molecule has 0 saturated carbocycles. The Morgan fingerprint density at radius 2 is 2.21 bits per heavy atom. The van der Waals surface area contributed by atoms with Crippen LogP contribution in [-0.4, -0.2) is 27.0 Å². The quantitative estimate of drug-likeness (QED) is 0.604. The Bertz CT molecular complexity index is 488. The fraction of sp³-hybridized carbons (Fsp3) is 0.500. The van der Waals surface area contributed by atoms with Crippen LogP contribution >= 0.6 is 0 Å². The summed E-state index contributed by atoms with van der Waals surface area (Å²) in [7, 11) is 0. The highest BCUT2D eigenvalue weighted by molar-refractivity contribution is 5.68. The van der Waals surface area contributed by atoms with Crippen LogP contribution in [0.1, 0.15) is 25.8 Å². The number of anilines is 1. The minimum Gasteiger partial charge on any atom is -0.481 e. The summed E-state index contributed by atoms with van der Waals surface area (Å²) < 4.78 is 0. The first-order valence-electron chi connectivity index (χ1n) is 5.90. The molecule has 2 N–H and O–H groups in total. The number of carboxylic acids is 1. The third kappa shape index (κ3) is 4.20. The molecule has 0 saturated heterocycles. The number of aliphatic carboxylic acids is 1. The van der Waals surface area contributed by atoms with Gasteiger partial charge in [-0.15, -0.1) is 0 Å². The summed E-state index contributed by atoms with van der Waals surface area (Å²) in [6.45, 7) is 5.36. The molecule has 1 aromatic heterocycles. The Labute approximate surface area is 110 Å². The molecule has 0 fully saturated rings. The fourth-order valence-corrected chi connectivity index (χ4v) is 1.62. The van der Waals surface area contributed by atoms with Gasteiger partial charge < -0.3 is 10.4 Å². The molecule has 1 rings (SSSR count). The Balaban J connectivity index is 2.93. The molecule has 0 radical (unpaired) electrons. The van der Waals surface area contributed by atoms with E-state index in [-0.39, 0.29) is 24.1 Å². The average molecular weight is 267 g/mol. The van der Waals surface area contributed by atoms with Gasteiger partial charge in [-0.3, -0.25) is 14.9 Å². The van der Waals surface area contributed by atoms with Gasteiger partial charge in [-0.25, -0.2) is 4.98 Å². The second kappa shape index (κ2) is 6.12. The summed E-state index contributed by atoms with van der Waals surface area (Å²) in [4.78, 5) is 25.2. The third-order valence-electron chi connectivity index (χ3n) is 2.80. The molecular formula is C12H17N3O4. The first kappa shape index (κ1) is 14.9. The van der Waals surface area contributed by atoms with E-state index in [0.29, 0.717) is 11.4 Å². The van der Waals surface area contributed by atoms with Gasteiger partial charge in [0, 0.05) is 17.8 Å². The molecule has 0 aliphatic rings. The molecule has 0 bridgehead atoms. The van der Waals surface area contributed by atoms with Crippen molar-refractivity contribution in [1.29, 1.82) is 0 Å². The number of nitrogens with zero attached hydrogens (tertiary/aromatic N) is 2. The lowest BCUT2D eigenvalue weighted by atomic mass is 10.0. The predicted octanol–water partition coefficient (Wildman–Crippen LogP) is 2.21. The van der Waals surface area contributed by atoms with E-state index in [1.165, 1.54) is 12.3 Å². The van der Waals surface area contributed by atoms with Gasteiger partial charge >= 0.3 is 5.97 Å². The maximum Gasteiger partial charge on any atom is 0.305 e. The number of nitrogens with one attached hydrogen (secondary N) is 1. The van der Waals surface area contributed by atoms with E-state index < -0.39 is 10.9 Å². The topological polar surface area (TPSA) is 105 Å². The number of pyridine rings is 1. The molecule has 7 nitrogen and oxygen atoms in total. The molecule has 104 valence electrons. The van der Waals surface area contributed by atoms with Crippen LogP contribution in [0.15, 0.2) is 12.3 Å². The lowest BCUT2D eigenvalue weighted by Gasteiger charge is -2.21. The highest BCUT2D eigenvalue weighted by atomic mass is 16.6. The van der Waals surface area contributed by atoms with Crippen LogP contribution < -0.4 is 5.32 Å². The molecule has 1 unspecified atom stereocenters. The second-order valence-corrected chi connectivity index (χ2v) is 4.71. The van der Waals surface area contributed by atoms with E-state index in [9.17, 15) is 14.9 Å². The standard InChI is InChI=1S/C12H17N3O4/c1-7(2)9(4-12(16)17)14-11-5-10(15(18)19)8(3)6-13-11/h5-7,9H,4H2,1-3H3,(H,13,14)(H,16,17). The number of hydrogen-bond donors (Lipinski definition) is 2. The SMILES string of the molecule is Cc1cnc(NC(CC(=O)O)C(C)C)cc1[N+](=O)[O-]. The van der Waals surface area contributed by atoms with Crippen LogP contribution in [0.3, 0.4) is 0 Å². The van der Waals surface area contributed by atoms with Crippen LogP contribution in [-0.2, 0) is 4.79 Å². The van der Waals surface area contributed by atoms with E-state index in [0.717, 1.165) is 0 Å². The molecule has 1 aromatic rings. The van der Waals surface area contributed by atoms with Crippen molar-refractivity contribution in [2.45, 2.75) is 33.2 Å². The maximum atomic E-state index is 10.8. The lowest BCUT2D eigenvalue weighted by molar-refractivity contribution is -0.385. The zero-order valence-corrected chi connectivity index (χ0v) is 11.1. The van der Waals surface area contributed by atoms with Gasteiger partial charge in [0.1, 0.15) is 5.82 Å². The van der Waals surface area contributed by atoms with Crippen molar-refractivity contribution >= 4 is 17.5 Å². The molecule has 0 aliphatic heterocycles. The van der Waals surface area contributed by atoms with Crippen LogP contribution in [0.25, 0.3) is 0 Å². The van der Waals surface area contributed by atoms with Gasteiger partial charge in [-0.1, -0.05) is 13.8 Å². The Hall–Kier alpha value is -2.18. The highest BCUT2D eigenvalue weighted by Gasteiger charge is 2.19. The first-order chi connectivity index (χ1) is 8.81. The number of carboxylic acid groups (broad SMARTS) is 1. The minimum atomic E-state index is -0.923. The smallest absolute Gasteiger partial charge is 0.305 e. The van der Waals surface area contributed by atoms with E-state index in [4.69, 9.17) is 5.11 Å². The van der Waals surface area contributed by atoms with E-state index in [1.807, 2.05) is 13.8 Å². The summed E-state index contributed by atoms with van der Waals surface area (Å²) in [6.07, 6.45) is 1.33. The van der Waals surface area contributed by atoms with Crippen LogP contribution in [0.2, 0.25) is 0 Å². The van der Waals surface area contributed by atoms with Gasteiger partial charge in [0.05, 0.1) is 17.4 Å². The summed E-state index contributed by atoms with van der Waals surface area (Å²) >= 11 is 0. The fourth-order valence-electron chi connectivity index (χ4n) is 1.62. The predicted molar refractivity (Wildman–Crippen MR) is 70.1 cm³/mol. The zero-order valence-electron chi connectivity index (χ0n) is 11.1. The van der Waals surface area contributed by atoms with Crippen molar-refractivity contribution in [1.82, 2.24) is 4.98 Å². The molecule has 0 aromatic carbocycles. The van der Waals surface area contributed by atoms with Crippen LogP contribution in [0.4, 0.5) is 11.5 Å². The lowest BCUT2D eigenvalue weighted by Crippen LogP contribution is -2.29. The molecule has 7 heteroatoms. The van der Waals surface area contributed by atoms with Crippen LogP contribution in [0, 0.1) is 23.0 Å². The monoisotopic (exact) mass is 267 g/mol. The molecule has 0 aliphatic carbocycles. The second-order valence-electron chi connectivity index (χ2n) is 4.71. The highest BCUT2D eigenvalue weighted by Crippen LogP contribution is 2.21. The molecule has 0 spiro atoms. The molecular weight excluding hydrogens is 250 g/mol. The number of aromatic nitrogens is 1. The summed E-state index contributed by atoms with van der Waals surface area (Å²) in [5.41, 5.74) is 0.435. The van der Waals surface area contributed by atoms with Crippen LogP contribution in [0.5, 0.6) is 0 Å². The summed E-state index contributed by atoms with van der Waals surface area (Å²) in [5, 5.41) is 22.6. The number of aryl methyl sites for hydroxylation is 1. The Morgan fingerprint density at radius 3 is 2.68 bits per heavy atom. The van der Waals surface area contributed by atoms with E-state index >= 15 is 0 Å². The van der Waals surface area contributed by atoms with Gasteiger partial charge in [0.15, 0.2) is 0 Å². The number of nitro groups is 1. The van der Waals surface area contributed by atoms with Crippen molar-refractivity contribution < 1.29 is 14.8 Å². The van der Waals surface area contributed by atoms with Crippen molar-refractivity contribution in [2.24, 2.45) is 5.92 Å². The van der Waals surface area contributed by atoms with Crippen molar-refractivity contribution in [2.75, 3.05) is 5.32 Å². The molecule has 19 heavy (non-hydrogen) atoms. The third-order valence-corrected chi connectivity index (χ3v) is 2.80. The average Bonchev–Trinajstić information content (AvgIpc) is 2.29. The minimum absolute atomic E-state index is 0.0321. The molecule has 1 atom stereocenters.